The molecule has 1 fully saturated rings. The Kier molecular flexibility index (Phi) is 5.71. The molecule has 1 aromatic carbocycles. The molecule has 0 saturated carbocycles. The molecule has 0 radical (unpaired) electrons. The van der Waals surface area contributed by atoms with E-state index in [1.807, 2.05) is 18.4 Å². The molecule has 1 saturated heterocycles. The van der Waals surface area contributed by atoms with Gasteiger partial charge in [0, 0.05) is 35.9 Å². The van der Waals surface area contributed by atoms with Gasteiger partial charge in [0.25, 0.3) is 5.56 Å². The topological polar surface area (TPSA) is 83.8 Å². The van der Waals surface area contributed by atoms with E-state index in [4.69, 9.17) is 0 Å². The average molecular weight is 433 g/mol. The molecule has 0 aliphatic carbocycles. The summed E-state index contributed by atoms with van der Waals surface area (Å²) in [5.74, 6) is 0. The van der Waals surface area contributed by atoms with Gasteiger partial charge in [0.2, 0.25) is 10.0 Å². The summed E-state index contributed by atoms with van der Waals surface area (Å²) in [5, 5.41) is 5.10. The molecule has 1 aliphatic rings. The fourth-order valence-electron chi connectivity index (χ4n) is 3.58. The minimum Gasteiger partial charge on any atom is -0.379 e. The molecule has 0 atom stereocenters. The van der Waals surface area contributed by atoms with E-state index in [-0.39, 0.29) is 5.56 Å². The largest absolute Gasteiger partial charge is 0.379 e. The van der Waals surface area contributed by atoms with E-state index < -0.39 is 10.0 Å². The van der Waals surface area contributed by atoms with Crippen molar-refractivity contribution < 1.29 is 8.42 Å². The summed E-state index contributed by atoms with van der Waals surface area (Å²) < 4.78 is 29.2. The quantitative estimate of drug-likeness (QED) is 0.669. The van der Waals surface area contributed by atoms with Gasteiger partial charge in [0.15, 0.2) is 4.96 Å². The van der Waals surface area contributed by atoms with Crippen LogP contribution >= 0.6 is 11.3 Å². The summed E-state index contributed by atoms with van der Waals surface area (Å²) in [6.45, 7) is 3.37. The monoisotopic (exact) mass is 432 g/mol. The Balaban J connectivity index is 1.53. The van der Waals surface area contributed by atoms with Gasteiger partial charge < -0.3 is 5.32 Å². The number of rotatable bonds is 5. The molecule has 154 valence electrons. The Labute approximate surface area is 174 Å². The first-order valence-corrected chi connectivity index (χ1v) is 12.1. The molecule has 0 amide bonds. The van der Waals surface area contributed by atoms with Crippen LogP contribution < -0.4 is 10.9 Å². The van der Waals surface area contributed by atoms with Crippen LogP contribution in [0.4, 0.5) is 5.69 Å². The van der Waals surface area contributed by atoms with E-state index >= 15 is 0 Å². The smallest absolute Gasteiger partial charge is 0.259 e. The van der Waals surface area contributed by atoms with Gasteiger partial charge in [0.1, 0.15) is 0 Å². The molecule has 7 nitrogen and oxygen atoms in total. The number of aryl methyl sites for hydroxylation is 1. The van der Waals surface area contributed by atoms with Crippen molar-refractivity contribution in [1.82, 2.24) is 13.7 Å². The van der Waals surface area contributed by atoms with E-state index in [0.29, 0.717) is 40.9 Å². The SMILES string of the molecule is Cc1csc2nc(CNc3cccc(S(=O)(=O)N4CCCCCC4)c3)cc(=O)n12. The van der Waals surface area contributed by atoms with E-state index in [0.717, 1.165) is 31.4 Å². The van der Waals surface area contributed by atoms with E-state index in [1.54, 1.807) is 26.9 Å². The third-order valence-corrected chi connectivity index (χ3v) is 7.98. The zero-order chi connectivity index (χ0) is 20.4. The van der Waals surface area contributed by atoms with Gasteiger partial charge in [-0.15, -0.1) is 11.3 Å². The standard InChI is InChI=1S/C20H24N4O3S2/c1-15-14-28-20-22-17(12-19(25)24(15)20)13-21-16-7-6-8-18(11-16)29(26,27)23-9-4-2-3-5-10-23/h6-8,11-12,14,21H,2-5,9-10,13H2,1H3. The number of hydrogen-bond acceptors (Lipinski definition) is 6. The molecule has 4 rings (SSSR count). The van der Waals surface area contributed by atoms with Gasteiger partial charge in [-0.05, 0) is 38.0 Å². The average Bonchev–Trinajstić information content (AvgIpc) is 2.92. The molecule has 9 heteroatoms. The van der Waals surface area contributed by atoms with Gasteiger partial charge in [-0.1, -0.05) is 18.9 Å². The lowest BCUT2D eigenvalue weighted by Gasteiger charge is -2.20. The number of benzene rings is 1. The van der Waals surface area contributed by atoms with Crippen molar-refractivity contribution in [2.75, 3.05) is 18.4 Å². The second kappa shape index (κ2) is 8.25. The van der Waals surface area contributed by atoms with Crippen LogP contribution in [0.5, 0.6) is 0 Å². The van der Waals surface area contributed by atoms with Gasteiger partial charge in [-0.25, -0.2) is 13.4 Å². The van der Waals surface area contributed by atoms with E-state index in [1.165, 1.54) is 17.4 Å². The van der Waals surface area contributed by atoms with Crippen LogP contribution in [-0.2, 0) is 16.6 Å². The fourth-order valence-corrected chi connectivity index (χ4v) is 6.04. The predicted molar refractivity (Wildman–Crippen MR) is 115 cm³/mol. The Morgan fingerprint density at radius 3 is 2.66 bits per heavy atom. The Morgan fingerprint density at radius 2 is 1.90 bits per heavy atom. The maximum absolute atomic E-state index is 13.0. The highest BCUT2D eigenvalue weighted by atomic mass is 32.2. The van der Waals surface area contributed by atoms with Crippen LogP contribution in [0.15, 0.2) is 45.4 Å². The number of hydrogen-bond donors (Lipinski definition) is 1. The summed E-state index contributed by atoms with van der Waals surface area (Å²) >= 11 is 1.43. The molecule has 3 aromatic rings. The third kappa shape index (κ3) is 4.22. The maximum Gasteiger partial charge on any atom is 0.259 e. The molecule has 0 spiro atoms. The summed E-state index contributed by atoms with van der Waals surface area (Å²) in [7, 11) is -3.50. The first kappa shape index (κ1) is 20.1. The Bertz CT molecular complexity index is 1180. The maximum atomic E-state index is 13.0. The van der Waals surface area contributed by atoms with Crippen LogP contribution in [0.1, 0.15) is 37.1 Å². The fraction of sp³-hybridized carbons (Fsp3) is 0.400. The number of nitrogens with zero attached hydrogens (tertiary/aromatic N) is 3. The van der Waals surface area contributed by atoms with E-state index in [9.17, 15) is 13.2 Å². The molecule has 3 heterocycles. The zero-order valence-corrected chi connectivity index (χ0v) is 17.9. The molecule has 0 bridgehead atoms. The zero-order valence-electron chi connectivity index (χ0n) is 16.3. The molecular formula is C20H24N4O3S2. The van der Waals surface area contributed by atoms with Gasteiger partial charge in [-0.2, -0.15) is 4.31 Å². The third-order valence-electron chi connectivity index (χ3n) is 5.14. The number of sulfonamides is 1. The van der Waals surface area contributed by atoms with Crippen LogP contribution in [0.3, 0.4) is 0 Å². The molecule has 29 heavy (non-hydrogen) atoms. The molecule has 1 aliphatic heterocycles. The molecular weight excluding hydrogens is 408 g/mol. The second-order valence-corrected chi connectivity index (χ2v) is 10.1. The lowest BCUT2D eigenvalue weighted by Crippen LogP contribution is -2.31. The van der Waals surface area contributed by atoms with Crippen molar-refractivity contribution in [2.24, 2.45) is 0 Å². The van der Waals surface area contributed by atoms with Crippen molar-refractivity contribution in [3.05, 3.63) is 57.5 Å². The first-order chi connectivity index (χ1) is 13.9. The summed E-state index contributed by atoms with van der Waals surface area (Å²) in [4.78, 5) is 17.8. The highest BCUT2D eigenvalue weighted by molar-refractivity contribution is 7.89. The van der Waals surface area contributed by atoms with Crippen molar-refractivity contribution >= 4 is 32.0 Å². The van der Waals surface area contributed by atoms with Crippen LogP contribution in [0, 0.1) is 6.92 Å². The van der Waals surface area contributed by atoms with Crippen molar-refractivity contribution in [3.8, 4) is 0 Å². The summed E-state index contributed by atoms with van der Waals surface area (Å²) in [6, 6.07) is 8.36. The van der Waals surface area contributed by atoms with Gasteiger partial charge in [0.05, 0.1) is 17.1 Å². The van der Waals surface area contributed by atoms with E-state index in [2.05, 4.69) is 10.3 Å². The predicted octanol–water partition coefficient (Wildman–Crippen LogP) is 3.24. The summed E-state index contributed by atoms with van der Waals surface area (Å²) in [6.07, 6.45) is 3.97. The molecule has 2 aromatic heterocycles. The highest BCUT2D eigenvalue weighted by Gasteiger charge is 2.25. The number of aromatic nitrogens is 2. The molecule has 0 unspecified atom stereocenters. The van der Waals surface area contributed by atoms with Crippen LogP contribution in [0.25, 0.3) is 4.96 Å². The van der Waals surface area contributed by atoms with Crippen molar-refractivity contribution in [1.29, 1.82) is 0 Å². The van der Waals surface area contributed by atoms with Crippen LogP contribution in [-0.4, -0.2) is 35.2 Å². The minimum absolute atomic E-state index is 0.108. The lowest BCUT2D eigenvalue weighted by molar-refractivity contribution is 0.424. The van der Waals surface area contributed by atoms with Gasteiger partial charge in [-0.3, -0.25) is 9.20 Å². The normalized spacial score (nSPS) is 16.0. The number of thiazole rings is 1. The van der Waals surface area contributed by atoms with Crippen LogP contribution in [0.2, 0.25) is 0 Å². The second-order valence-electron chi connectivity index (χ2n) is 7.28. The number of nitrogens with one attached hydrogen (secondary N) is 1. The van der Waals surface area contributed by atoms with Gasteiger partial charge >= 0.3 is 0 Å². The Hall–Kier alpha value is -2.23. The summed E-state index contributed by atoms with van der Waals surface area (Å²) in [5.41, 5.74) is 2.07. The lowest BCUT2D eigenvalue weighted by atomic mass is 10.2. The van der Waals surface area contributed by atoms with Crippen molar-refractivity contribution in [2.45, 2.75) is 44.0 Å². The number of anilines is 1. The molecule has 1 N–H and O–H groups in total. The minimum atomic E-state index is -3.50. The first-order valence-electron chi connectivity index (χ1n) is 9.76. The Morgan fingerprint density at radius 1 is 1.14 bits per heavy atom. The highest BCUT2D eigenvalue weighted by Crippen LogP contribution is 2.23. The number of fused-ring (bicyclic) bond motifs is 1. The van der Waals surface area contributed by atoms with Crippen molar-refractivity contribution in [3.63, 3.8) is 0 Å².